The van der Waals surface area contributed by atoms with Gasteiger partial charge in [-0.2, -0.15) is 0 Å². The summed E-state index contributed by atoms with van der Waals surface area (Å²) in [4.78, 5) is 5.06. The van der Waals surface area contributed by atoms with E-state index in [1.165, 1.54) is 22.3 Å². The maximum absolute atomic E-state index is 11.3. The minimum atomic E-state index is 0.180. The van der Waals surface area contributed by atoms with Gasteiger partial charge in [-0.15, -0.1) is 0 Å². The van der Waals surface area contributed by atoms with Gasteiger partial charge in [0.25, 0.3) is 0 Å². The molecule has 4 aromatic rings. The Kier molecular flexibility index (Phi) is 16.8. The predicted molar refractivity (Wildman–Crippen MR) is 253 cm³/mol. The van der Waals surface area contributed by atoms with Crippen LogP contribution >= 0.6 is 0 Å². The lowest BCUT2D eigenvalue weighted by Gasteiger charge is -2.30. The molecule has 6 nitrogen and oxygen atoms in total. The van der Waals surface area contributed by atoms with Gasteiger partial charge >= 0.3 is 0 Å². The van der Waals surface area contributed by atoms with Crippen LogP contribution in [-0.2, 0) is 26.2 Å². The molecule has 4 rings (SSSR count). The van der Waals surface area contributed by atoms with Crippen molar-refractivity contribution in [1.29, 1.82) is 0 Å². The number of rotatable bonds is 19. The van der Waals surface area contributed by atoms with Crippen LogP contribution in [-0.4, -0.2) is 43.3 Å². The molecule has 0 saturated heterocycles. The van der Waals surface area contributed by atoms with E-state index in [9.17, 15) is 20.4 Å². The summed E-state index contributed by atoms with van der Waals surface area (Å²) in [6, 6.07) is 17.6. The third-order valence-corrected chi connectivity index (χ3v) is 12.2. The summed E-state index contributed by atoms with van der Waals surface area (Å²) in [6.07, 6.45) is 0. The zero-order valence-corrected chi connectivity index (χ0v) is 40.2. The van der Waals surface area contributed by atoms with Crippen LogP contribution < -0.4 is 0 Å². The molecule has 60 heavy (non-hydrogen) atoms. The Morgan fingerprint density at radius 3 is 0.533 bits per heavy atom. The molecular formula is C54H80N2O4. The zero-order chi connectivity index (χ0) is 44.9. The van der Waals surface area contributed by atoms with Crippen molar-refractivity contribution >= 4 is 0 Å². The summed E-state index contributed by atoms with van der Waals surface area (Å²) < 4.78 is 0. The Morgan fingerprint density at radius 1 is 0.283 bits per heavy atom. The Bertz CT molecular complexity index is 1650. The summed E-state index contributed by atoms with van der Waals surface area (Å²) >= 11 is 0. The summed E-state index contributed by atoms with van der Waals surface area (Å²) in [5, 5.41) is 45.4. The second-order valence-electron chi connectivity index (χ2n) is 20.2. The highest BCUT2D eigenvalue weighted by molar-refractivity contribution is 5.50. The topological polar surface area (TPSA) is 87.4 Å². The van der Waals surface area contributed by atoms with Crippen LogP contribution in [0.25, 0.3) is 0 Å². The van der Waals surface area contributed by atoms with E-state index in [1.54, 1.807) is 0 Å². The van der Waals surface area contributed by atoms with Gasteiger partial charge in [0.05, 0.1) is 0 Å². The molecule has 4 aromatic carbocycles. The van der Waals surface area contributed by atoms with Crippen LogP contribution in [0.4, 0.5) is 0 Å². The number of hydrogen-bond acceptors (Lipinski definition) is 6. The highest BCUT2D eigenvalue weighted by atomic mass is 16.3. The third-order valence-electron chi connectivity index (χ3n) is 12.2. The predicted octanol–water partition coefficient (Wildman–Crippen LogP) is 14.2. The minimum absolute atomic E-state index is 0.180. The standard InChI is InChI=1S/C54H80N2O4/c1-31(2)43-19-39(20-44(32(3)4)51(43)57)27-55(28-40-21-45(33(5)6)52(58)46(22-40)34(7)8)17-18-56(29-41-23-47(35(9)10)53(59)48(24-41)36(11)12)30-42-25-49(37(13)14)54(60)50(26-42)38(15)16/h19-26,31-38,57-60H,17-18,27-30H2,1-16H3. The molecule has 0 aliphatic heterocycles. The van der Waals surface area contributed by atoms with Crippen LogP contribution in [0.15, 0.2) is 48.5 Å². The summed E-state index contributed by atoms with van der Waals surface area (Å²) in [5.74, 6) is 3.08. The average molecular weight is 821 g/mol. The van der Waals surface area contributed by atoms with Crippen molar-refractivity contribution in [1.82, 2.24) is 9.80 Å². The third kappa shape index (κ3) is 11.9. The van der Waals surface area contributed by atoms with Gasteiger partial charge in [0.2, 0.25) is 0 Å². The molecule has 4 N–H and O–H groups in total. The molecule has 0 aliphatic rings. The van der Waals surface area contributed by atoms with Gasteiger partial charge < -0.3 is 20.4 Å². The van der Waals surface area contributed by atoms with E-state index < -0.39 is 0 Å². The van der Waals surface area contributed by atoms with E-state index >= 15 is 0 Å². The number of phenolic OH excluding ortho intramolecular Hbond substituents is 4. The molecule has 0 unspecified atom stereocenters. The molecule has 330 valence electrons. The first-order valence-corrected chi connectivity index (χ1v) is 22.9. The van der Waals surface area contributed by atoms with E-state index in [1.807, 2.05) is 0 Å². The normalized spacial score (nSPS) is 12.5. The smallest absolute Gasteiger partial charge is 0.122 e. The van der Waals surface area contributed by atoms with Gasteiger partial charge in [0.15, 0.2) is 0 Å². The largest absolute Gasteiger partial charge is 0.507 e. The summed E-state index contributed by atoms with van der Waals surface area (Å²) in [7, 11) is 0. The highest BCUT2D eigenvalue weighted by Gasteiger charge is 2.23. The monoisotopic (exact) mass is 821 g/mol. The SMILES string of the molecule is CC(C)c1cc(CN(CCN(Cc2cc(C(C)C)c(O)c(C(C)C)c2)Cc2cc(C(C)C)c(O)c(C(C)C)c2)Cc2cc(C(C)C)c(O)c(C(C)C)c2)cc(C(C)C)c1O. The fourth-order valence-electron chi connectivity index (χ4n) is 8.61. The maximum Gasteiger partial charge on any atom is 0.122 e. The average Bonchev–Trinajstić information content (AvgIpc) is 3.15. The van der Waals surface area contributed by atoms with E-state index in [0.717, 1.165) is 57.6 Å². The van der Waals surface area contributed by atoms with Gasteiger partial charge in [0, 0.05) is 39.3 Å². The molecule has 0 spiro atoms. The quantitative estimate of drug-likeness (QED) is 0.0754. The molecule has 0 saturated carbocycles. The van der Waals surface area contributed by atoms with E-state index in [4.69, 9.17) is 0 Å². The number of benzene rings is 4. The second-order valence-corrected chi connectivity index (χ2v) is 20.2. The Balaban J connectivity index is 1.87. The number of nitrogens with zero attached hydrogens (tertiary/aromatic N) is 2. The van der Waals surface area contributed by atoms with Gasteiger partial charge in [-0.1, -0.05) is 159 Å². The maximum atomic E-state index is 11.3. The van der Waals surface area contributed by atoms with Gasteiger partial charge in [0.1, 0.15) is 23.0 Å². The number of phenols is 4. The highest BCUT2D eigenvalue weighted by Crippen LogP contribution is 2.39. The van der Waals surface area contributed by atoms with Crippen LogP contribution in [0.3, 0.4) is 0 Å². The van der Waals surface area contributed by atoms with Gasteiger partial charge in [-0.25, -0.2) is 0 Å². The van der Waals surface area contributed by atoms with E-state index in [-0.39, 0.29) is 47.3 Å². The van der Waals surface area contributed by atoms with Crippen molar-refractivity contribution in [2.45, 2.75) is 184 Å². The first-order valence-electron chi connectivity index (χ1n) is 22.9. The van der Waals surface area contributed by atoms with E-state index in [2.05, 4.69) is 169 Å². The van der Waals surface area contributed by atoms with Crippen molar-refractivity contribution < 1.29 is 20.4 Å². The number of aromatic hydroxyl groups is 4. The Morgan fingerprint density at radius 2 is 0.417 bits per heavy atom. The van der Waals surface area contributed by atoms with Crippen molar-refractivity contribution in [3.05, 3.63) is 115 Å². The van der Waals surface area contributed by atoms with Crippen LogP contribution in [0.1, 0.15) is 225 Å². The van der Waals surface area contributed by atoms with E-state index in [0.29, 0.717) is 49.2 Å². The molecule has 0 heterocycles. The van der Waals surface area contributed by atoms with Crippen molar-refractivity contribution in [3.8, 4) is 23.0 Å². The zero-order valence-electron chi connectivity index (χ0n) is 40.2. The lowest BCUT2D eigenvalue weighted by molar-refractivity contribution is 0.182. The molecule has 0 aliphatic carbocycles. The Hall–Kier alpha value is -4.00. The number of hydrogen-bond donors (Lipinski definition) is 4. The molecule has 6 heteroatoms. The molecule has 0 radical (unpaired) electrons. The molecule has 0 fully saturated rings. The minimum Gasteiger partial charge on any atom is -0.507 e. The fraction of sp³-hybridized carbons (Fsp3) is 0.556. The first-order chi connectivity index (χ1) is 28.0. The molecular weight excluding hydrogens is 741 g/mol. The fourth-order valence-corrected chi connectivity index (χ4v) is 8.61. The van der Waals surface area contributed by atoms with Gasteiger partial charge in [-0.3, -0.25) is 9.80 Å². The molecule has 0 aromatic heterocycles. The Labute approximate surface area is 364 Å². The molecule has 0 bridgehead atoms. The molecule has 0 atom stereocenters. The summed E-state index contributed by atoms with van der Waals surface area (Å²) in [5.41, 5.74) is 12.6. The van der Waals surface area contributed by atoms with Crippen molar-refractivity contribution in [2.75, 3.05) is 13.1 Å². The van der Waals surface area contributed by atoms with Crippen LogP contribution in [0, 0.1) is 0 Å². The lowest BCUT2D eigenvalue weighted by atomic mass is 9.90. The molecule has 0 amide bonds. The van der Waals surface area contributed by atoms with Crippen LogP contribution in [0.5, 0.6) is 23.0 Å². The van der Waals surface area contributed by atoms with Crippen molar-refractivity contribution in [3.63, 3.8) is 0 Å². The van der Waals surface area contributed by atoms with Gasteiger partial charge in [-0.05, 0) is 114 Å². The van der Waals surface area contributed by atoms with Crippen LogP contribution in [0.2, 0.25) is 0 Å². The second kappa shape index (κ2) is 20.7. The first kappa shape index (κ1) is 48.7. The summed E-state index contributed by atoms with van der Waals surface area (Å²) in [6.45, 7) is 38.7. The lowest BCUT2D eigenvalue weighted by Crippen LogP contribution is -2.34. The van der Waals surface area contributed by atoms with Crippen molar-refractivity contribution in [2.24, 2.45) is 0 Å².